The Labute approximate surface area is 142 Å². The van der Waals surface area contributed by atoms with Gasteiger partial charge in [0.15, 0.2) is 0 Å². The van der Waals surface area contributed by atoms with Crippen LogP contribution in [-0.2, 0) is 16.6 Å². The van der Waals surface area contributed by atoms with Crippen molar-refractivity contribution >= 4 is 33.1 Å². The minimum Gasteiger partial charge on any atom is -0.337 e. The molecule has 3 aromatic rings. The van der Waals surface area contributed by atoms with E-state index in [4.69, 9.17) is 4.52 Å². The summed E-state index contributed by atoms with van der Waals surface area (Å²) in [5.74, 6) is 0.677. The van der Waals surface area contributed by atoms with E-state index in [1.807, 2.05) is 23.8 Å². The van der Waals surface area contributed by atoms with E-state index in [0.717, 1.165) is 9.77 Å². The molecule has 0 aliphatic rings. The molecule has 0 aliphatic heterocycles. The van der Waals surface area contributed by atoms with Crippen LogP contribution in [0.25, 0.3) is 10.7 Å². The third kappa shape index (κ3) is 3.81. The molecule has 6 nitrogen and oxygen atoms in total. The van der Waals surface area contributed by atoms with Crippen molar-refractivity contribution in [2.75, 3.05) is 6.26 Å². The van der Waals surface area contributed by atoms with E-state index in [9.17, 15) is 8.42 Å². The van der Waals surface area contributed by atoms with Gasteiger partial charge in [0.2, 0.25) is 21.7 Å². The second-order valence-corrected chi connectivity index (χ2v) is 8.08. The maximum Gasteiger partial charge on any atom is 0.242 e. The third-order valence-corrected chi connectivity index (χ3v) is 6.02. The zero-order valence-corrected chi connectivity index (χ0v) is 14.5. The number of benzene rings is 1. The predicted molar refractivity (Wildman–Crippen MR) is 89.9 cm³/mol. The van der Waals surface area contributed by atoms with Gasteiger partial charge >= 0.3 is 0 Å². The average molecular weight is 367 g/mol. The van der Waals surface area contributed by atoms with Crippen LogP contribution in [0, 0.1) is 0 Å². The molecule has 2 heterocycles. The van der Waals surface area contributed by atoms with Gasteiger partial charge in [0.05, 0.1) is 16.3 Å². The first-order chi connectivity index (χ1) is 11.1. The van der Waals surface area contributed by atoms with E-state index in [-0.39, 0.29) is 17.3 Å². The van der Waals surface area contributed by atoms with Gasteiger partial charge in [-0.25, -0.2) is 13.1 Å². The molecule has 0 fully saturated rings. The standard InChI is InChI=1S/C14H13N3O3S3/c1-21-10-4-6-11(7-5-10)23(18,19)15-9-13-16-14(17-20-13)12-3-2-8-22-12/h2-8,15H,9H2,1H3. The molecule has 1 aromatic carbocycles. The molecule has 0 amide bonds. The number of hydrogen-bond donors (Lipinski definition) is 1. The monoisotopic (exact) mass is 367 g/mol. The number of aromatic nitrogens is 2. The smallest absolute Gasteiger partial charge is 0.242 e. The summed E-state index contributed by atoms with van der Waals surface area (Å²) in [6.45, 7) is -0.0506. The first kappa shape index (κ1) is 16.2. The Morgan fingerprint density at radius 2 is 2.04 bits per heavy atom. The maximum absolute atomic E-state index is 12.2. The Bertz CT molecular complexity index is 872. The van der Waals surface area contributed by atoms with Crippen LogP contribution in [0.3, 0.4) is 0 Å². The van der Waals surface area contributed by atoms with Gasteiger partial charge in [-0.2, -0.15) is 4.98 Å². The Morgan fingerprint density at radius 1 is 1.26 bits per heavy atom. The SMILES string of the molecule is CSc1ccc(S(=O)(=O)NCc2nc(-c3cccs3)no2)cc1. The van der Waals surface area contributed by atoms with Crippen LogP contribution in [0.5, 0.6) is 0 Å². The van der Waals surface area contributed by atoms with Crippen molar-refractivity contribution in [1.82, 2.24) is 14.9 Å². The van der Waals surface area contributed by atoms with Crippen molar-refractivity contribution in [1.29, 1.82) is 0 Å². The van der Waals surface area contributed by atoms with Gasteiger partial charge in [-0.15, -0.1) is 23.1 Å². The second kappa shape index (κ2) is 6.83. The Morgan fingerprint density at radius 3 is 2.70 bits per heavy atom. The Hall–Kier alpha value is -1.68. The van der Waals surface area contributed by atoms with Gasteiger partial charge in [-0.1, -0.05) is 11.2 Å². The van der Waals surface area contributed by atoms with Gasteiger partial charge < -0.3 is 4.52 Å². The molecule has 0 spiro atoms. The van der Waals surface area contributed by atoms with Gasteiger partial charge in [-0.3, -0.25) is 0 Å². The first-order valence-electron chi connectivity index (χ1n) is 6.59. The molecule has 1 N–H and O–H groups in total. The molecule has 23 heavy (non-hydrogen) atoms. The largest absolute Gasteiger partial charge is 0.337 e. The van der Waals surface area contributed by atoms with Crippen molar-refractivity contribution in [3.8, 4) is 10.7 Å². The molecule has 0 aliphatic carbocycles. The van der Waals surface area contributed by atoms with Crippen LogP contribution in [0.4, 0.5) is 0 Å². The van der Waals surface area contributed by atoms with Crippen LogP contribution in [0.15, 0.2) is 56.1 Å². The molecule has 9 heteroatoms. The van der Waals surface area contributed by atoms with E-state index < -0.39 is 10.0 Å². The fourth-order valence-electron chi connectivity index (χ4n) is 1.83. The van der Waals surface area contributed by atoms with Crippen molar-refractivity contribution in [3.05, 3.63) is 47.7 Å². The van der Waals surface area contributed by atoms with Gasteiger partial charge in [-0.05, 0) is 42.0 Å². The summed E-state index contributed by atoms with van der Waals surface area (Å²) in [5.41, 5.74) is 0. The first-order valence-corrected chi connectivity index (χ1v) is 10.2. The molecule has 0 bridgehead atoms. The summed E-state index contributed by atoms with van der Waals surface area (Å²) < 4.78 is 32.0. The molecule has 0 saturated carbocycles. The summed E-state index contributed by atoms with van der Waals surface area (Å²) >= 11 is 3.04. The highest BCUT2D eigenvalue weighted by atomic mass is 32.2. The van der Waals surface area contributed by atoms with Crippen LogP contribution in [0.1, 0.15) is 5.89 Å². The molecular formula is C14H13N3O3S3. The number of nitrogens with one attached hydrogen (secondary N) is 1. The number of thiophene rings is 1. The lowest BCUT2D eigenvalue weighted by molar-refractivity contribution is 0.376. The lowest BCUT2D eigenvalue weighted by Crippen LogP contribution is -2.23. The molecule has 2 aromatic heterocycles. The number of sulfonamides is 1. The van der Waals surface area contributed by atoms with E-state index in [1.165, 1.54) is 11.3 Å². The highest BCUT2D eigenvalue weighted by Crippen LogP contribution is 2.21. The van der Waals surface area contributed by atoms with E-state index >= 15 is 0 Å². The minimum absolute atomic E-state index is 0.0506. The number of nitrogens with zero attached hydrogens (tertiary/aromatic N) is 2. The minimum atomic E-state index is -3.61. The zero-order chi connectivity index (χ0) is 16.3. The summed E-state index contributed by atoms with van der Waals surface area (Å²) in [6, 6.07) is 10.4. The van der Waals surface area contributed by atoms with Gasteiger partial charge in [0.1, 0.15) is 0 Å². The van der Waals surface area contributed by atoms with Crippen LogP contribution < -0.4 is 4.72 Å². The van der Waals surface area contributed by atoms with Crippen molar-refractivity contribution < 1.29 is 12.9 Å². The molecule has 3 rings (SSSR count). The van der Waals surface area contributed by atoms with Gasteiger partial charge in [0, 0.05) is 4.90 Å². The van der Waals surface area contributed by atoms with Crippen molar-refractivity contribution in [3.63, 3.8) is 0 Å². The highest BCUT2D eigenvalue weighted by Gasteiger charge is 2.16. The van der Waals surface area contributed by atoms with Crippen molar-refractivity contribution in [2.45, 2.75) is 16.3 Å². The second-order valence-electron chi connectivity index (χ2n) is 4.49. The maximum atomic E-state index is 12.2. The summed E-state index contributed by atoms with van der Waals surface area (Å²) in [5, 5.41) is 5.75. The normalized spacial score (nSPS) is 11.7. The summed E-state index contributed by atoms with van der Waals surface area (Å²) in [7, 11) is -3.61. The third-order valence-electron chi connectivity index (χ3n) is 2.99. The molecular weight excluding hydrogens is 354 g/mol. The van der Waals surface area contributed by atoms with Gasteiger partial charge in [0.25, 0.3) is 0 Å². The molecule has 0 atom stereocenters. The molecule has 0 saturated heterocycles. The number of hydrogen-bond acceptors (Lipinski definition) is 7. The van der Waals surface area contributed by atoms with E-state index in [2.05, 4.69) is 14.9 Å². The topological polar surface area (TPSA) is 85.1 Å². The van der Waals surface area contributed by atoms with Crippen LogP contribution >= 0.6 is 23.1 Å². The molecule has 120 valence electrons. The predicted octanol–water partition coefficient (Wildman–Crippen LogP) is 3.00. The summed E-state index contributed by atoms with van der Waals surface area (Å²) in [6.07, 6.45) is 1.93. The van der Waals surface area contributed by atoms with Crippen LogP contribution in [0.2, 0.25) is 0 Å². The lowest BCUT2D eigenvalue weighted by Gasteiger charge is -2.05. The lowest BCUT2D eigenvalue weighted by atomic mass is 10.4. The zero-order valence-electron chi connectivity index (χ0n) is 12.1. The molecule has 0 radical (unpaired) electrons. The fourth-order valence-corrected chi connectivity index (χ4v) is 3.86. The average Bonchev–Trinajstić information content (AvgIpc) is 3.24. The Balaban J connectivity index is 1.69. The number of thioether (sulfide) groups is 1. The highest BCUT2D eigenvalue weighted by molar-refractivity contribution is 7.98. The van der Waals surface area contributed by atoms with E-state index in [1.54, 1.807) is 36.0 Å². The Kier molecular flexibility index (Phi) is 4.81. The molecule has 0 unspecified atom stereocenters. The quantitative estimate of drug-likeness (QED) is 0.674. The van der Waals surface area contributed by atoms with Crippen LogP contribution in [-0.4, -0.2) is 24.8 Å². The summed E-state index contributed by atoms with van der Waals surface area (Å²) in [4.78, 5) is 6.25. The van der Waals surface area contributed by atoms with E-state index in [0.29, 0.717) is 5.82 Å². The fraction of sp³-hybridized carbons (Fsp3) is 0.143. The van der Waals surface area contributed by atoms with Crippen molar-refractivity contribution in [2.24, 2.45) is 0 Å². The number of rotatable bonds is 6.